The average Bonchev–Trinajstić information content (AvgIpc) is 2.47. The fraction of sp³-hybridized carbons (Fsp3) is 0.250. The van der Waals surface area contributed by atoms with E-state index in [-0.39, 0.29) is 0 Å². The maximum atomic E-state index is 5.94. The second-order valence-electron chi connectivity index (χ2n) is 4.86. The second-order valence-corrected chi connectivity index (χ2v) is 5.29. The zero-order valence-corrected chi connectivity index (χ0v) is 11.6. The number of halogens is 1. The Morgan fingerprint density at radius 1 is 1.16 bits per heavy atom. The summed E-state index contributed by atoms with van der Waals surface area (Å²) in [5.74, 6) is 1.40. The third-order valence-corrected chi connectivity index (χ3v) is 3.91. The Morgan fingerprint density at radius 3 is 2.68 bits per heavy atom. The first-order valence-electron chi connectivity index (χ1n) is 6.42. The highest BCUT2D eigenvalue weighted by molar-refractivity contribution is 6.30. The molecule has 1 unspecified atom stereocenters. The molecule has 0 saturated carbocycles. The maximum Gasteiger partial charge on any atom is 0.119 e. The van der Waals surface area contributed by atoms with E-state index >= 15 is 0 Å². The normalized spacial score (nSPS) is 17.5. The van der Waals surface area contributed by atoms with Gasteiger partial charge in [-0.1, -0.05) is 23.7 Å². The van der Waals surface area contributed by atoms with Crippen LogP contribution in [0.4, 0.5) is 5.69 Å². The molecule has 3 rings (SSSR count). The highest BCUT2D eigenvalue weighted by Gasteiger charge is 2.20. The van der Waals surface area contributed by atoms with Gasteiger partial charge in [0.15, 0.2) is 0 Å². The lowest BCUT2D eigenvalue weighted by molar-refractivity contribution is 0.414. The first-order valence-corrected chi connectivity index (χ1v) is 6.80. The lowest BCUT2D eigenvalue weighted by atomic mass is 9.88. The summed E-state index contributed by atoms with van der Waals surface area (Å²) in [6, 6.07) is 14.3. The Morgan fingerprint density at radius 2 is 1.95 bits per heavy atom. The van der Waals surface area contributed by atoms with Gasteiger partial charge in [-0.3, -0.25) is 0 Å². The molecule has 1 N–H and O–H groups in total. The maximum absolute atomic E-state index is 5.94. The highest BCUT2D eigenvalue weighted by Crippen LogP contribution is 2.33. The molecular weight excluding hydrogens is 258 g/mol. The van der Waals surface area contributed by atoms with Gasteiger partial charge in [0.25, 0.3) is 0 Å². The van der Waals surface area contributed by atoms with Gasteiger partial charge < -0.3 is 10.1 Å². The molecule has 0 bridgehead atoms. The Bertz CT molecular complexity index is 580. The van der Waals surface area contributed by atoms with Crippen LogP contribution in [0, 0.1) is 0 Å². The van der Waals surface area contributed by atoms with Crippen LogP contribution in [0.2, 0.25) is 5.02 Å². The molecule has 2 nitrogen and oxygen atoms in total. The molecular formula is C16H16ClNO. The summed E-state index contributed by atoms with van der Waals surface area (Å²) < 4.78 is 5.29. The predicted molar refractivity (Wildman–Crippen MR) is 79.4 cm³/mol. The van der Waals surface area contributed by atoms with Gasteiger partial charge in [-0.2, -0.15) is 0 Å². The lowest BCUT2D eigenvalue weighted by Crippen LogP contribution is -2.21. The molecule has 0 aromatic heterocycles. The number of anilines is 1. The van der Waals surface area contributed by atoms with E-state index in [0.717, 1.165) is 23.7 Å². The van der Waals surface area contributed by atoms with Crippen LogP contribution in [0.1, 0.15) is 17.0 Å². The third-order valence-electron chi connectivity index (χ3n) is 3.66. The topological polar surface area (TPSA) is 21.3 Å². The van der Waals surface area contributed by atoms with Gasteiger partial charge in [0.05, 0.1) is 7.11 Å². The molecule has 3 heteroatoms. The van der Waals surface area contributed by atoms with Crippen molar-refractivity contribution in [2.45, 2.75) is 12.3 Å². The summed E-state index contributed by atoms with van der Waals surface area (Å²) >= 11 is 5.94. The van der Waals surface area contributed by atoms with E-state index in [1.54, 1.807) is 7.11 Å². The minimum absolute atomic E-state index is 0.483. The van der Waals surface area contributed by atoms with E-state index in [1.165, 1.54) is 16.8 Å². The van der Waals surface area contributed by atoms with Gasteiger partial charge in [0, 0.05) is 23.2 Å². The quantitative estimate of drug-likeness (QED) is 0.889. The monoisotopic (exact) mass is 273 g/mol. The first-order chi connectivity index (χ1) is 9.26. The molecule has 0 aliphatic carbocycles. The van der Waals surface area contributed by atoms with Gasteiger partial charge in [-0.25, -0.2) is 0 Å². The van der Waals surface area contributed by atoms with Crippen molar-refractivity contribution in [3.05, 3.63) is 58.6 Å². The number of ether oxygens (including phenoxy) is 1. The van der Waals surface area contributed by atoms with E-state index in [2.05, 4.69) is 29.6 Å². The second kappa shape index (κ2) is 5.14. The molecule has 0 amide bonds. The van der Waals surface area contributed by atoms with E-state index in [4.69, 9.17) is 16.3 Å². The minimum atomic E-state index is 0.483. The van der Waals surface area contributed by atoms with Crippen LogP contribution in [0.5, 0.6) is 5.75 Å². The van der Waals surface area contributed by atoms with Crippen molar-refractivity contribution in [2.75, 3.05) is 19.0 Å². The molecule has 1 atom stereocenters. The van der Waals surface area contributed by atoms with Crippen LogP contribution >= 0.6 is 11.6 Å². The molecule has 0 radical (unpaired) electrons. The van der Waals surface area contributed by atoms with E-state index < -0.39 is 0 Å². The fourth-order valence-electron chi connectivity index (χ4n) is 2.58. The van der Waals surface area contributed by atoms with Crippen molar-refractivity contribution < 1.29 is 4.74 Å². The molecule has 1 aliphatic heterocycles. The molecule has 19 heavy (non-hydrogen) atoms. The van der Waals surface area contributed by atoms with Crippen LogP contribution in [-0.2, 0) is 6.42 Å². The number of rotatable bonds is 2. The van der Waals surface area contributed by atoms with Crippen molar-refractivity contribution in [1.29, 1.82) is 0 Å². The number of methoxy groups -OCH3 is 1. The van der Waals surface area contributed by atoms with Crippen molar-refractivity contribution >= 4 is 17.3 Å². The number of nitrogens with one attached hydrogen (secondary N) is 1. The van der Waals surface area contributed by atoms with Gasteiger partial charge in [0.1, 0.15) is 5.75 Å². The zero-order chi connectivity index (χ0) is 13.2. The van der Waals surface area contributed by atoms with Gasteiger partial charge >= 0.3 is 0 Å². The van der Waals surface area contributed by atoms with Crippen LogP contribution in [0.25, 0.3) is 0 Å². The lowest BCUT2D eigenvalue weighted by Gasteiger charge is -2.27. The largest absolute Gasteiger partial charge is 0.497 e. The smallest absolute Gasteiger partial charge is 0.119 e. The Kier molecular flexibility index (Phi) is 3.34. The fourth-order valence-corrected chi connectivity index (χ4v) is 2.71. The zero-order valence-electron chi connectivity index (χ0n) is 10.8. The summed E-state index contributed by atoms with van der Waals surface area (Å²) in [6.07, 6.45) is 1.03. The first kappa shape index (κ1) is 12.4. The number of fused-ring (bicyclic) bond motifs is 1. The predicted octanol–water partition coefficient (Wildman–Crippen LogP) is 4.10. The summed E-state index contributed by atoms with van der Waals surface area (Å²) in [6.45, 7) is 0.959. The molecule has 2 aromatic rings. The number of hydrogen-bond acceptors (Lipinski definition) is 2. The Balaban J connectivity index is 1.86. The SMILES string of the molecule is COc1ccc2c(c1)CC(c1ccc(Cl)cc1)CN2. The minimum Gasteiger partial charge on any atom is -0.497 e. The van der Waals surface area contributed by atoms with Crippen molar-refractivity contribution in [3.63, 3.8) is 0 Å². The molecule has 2 aromatic carbocycles. The Hall–Kier alpha value is -1.67. The molecule has 0 saturated heterocycles. The van der Waals surface area contributed by atoms with Crippen LogP contribution in [0.3, 0.4) is 0 Å². The summed E-state index contributed by atoms with van der Waals surface area (Å²) in [4.78, 5) is 0. The van der Waals surface area contributed by atoms with Gasteiger partial charge in [-0.15, -0.1) is 0 Å². The van der Waals surface area contributed by atoms with Crippen LogP contribution in [0.15, 0.2) is 42.5 Å². The number of hydrogen-bond donors (Lipinski definition) is 1. The van der Waals surface area contributed by atoms with Crippen molar-refractivity contribution in [2.24, 2.45) is 0 Å². The average molecular weight is 274 g/mol. The summed E-state index contributed by atoms with van der Waals surface area (Å²) in [5.41, 5.74) is 3.85. The summed E-state index contributed by atoms with van der Waals surface area (Å²) in [5, 5.41) is 4.28. The Labute approximate surface area is 118 Å². The molecule has 1 heterocycles. The van der Waals surface area contributed by atoms with E-state index in [9.17, 15) is 0 Å². The van der Waals surface area contributed by atoms with E-state index in [0.29, 0.717) is 5.92 Å². The van der Waals surface area contributed by atoms with Gasteiger partial charge in [0.2, 0.25) is 0 Å². The summed E-state index contributed by atoms with van der Waals surface area (Å²) in [7, 11) is 1.70. The van der Waals surface area contributed by atoms with Crippen LogP contribution < -0.4 is 10.1 Å². The van der Waals surface area contributed by atoms with Crippen molar-refractivity contribution in [1.82, 2.24) is 0 Å². The molecule has 98 valence electrons. The van der Waals surface area contributed by atoms with Crippen LogP contribution in [-0.4, -0.2) is 13.7 Å². The molecule has 1 aliphatic rings. The van der Waals surface area contributed by atoms with E-state index in [1.807, 2.05) is 18.2 Å². The third kappa shape index (κ3) is 2.54. The highest BCUT2D eigenvalue weighted by atomic mass is 35.5. The van der Waals surface area contributed by atoms with Crippen molar-refractivity contribution in [3.8, 4) is 5.75 Å². The van der Waals surface area contributed by atoms with Gasteiger partial charge in [-0.05, 0) is 47.9 Å². The molecule has 0 fully saturated rings. The number of benzene rings is 2. The standard InChI is InChI=1S/C16H16ClNO/c1-19-15-6-7-16-12(9-15)8-13(10-18-16)11-2-4-14(17)5-3-11/h2-7,9,13,18H,8,10H2,1H3. The molecule has 0 spiro atoms.